The van der Waals surface area contributed by atoms with Crippen LogP contribution in [0.3, 0.4) is 0 Å². The van der Waals surface area contributed by atoms with Crippen molar-refractivity contribution in [2.45, 2.75) is 86.0 Å². The Morgan fingerprint density at radius 3 is 1.70 bits per heavy atom. The van der Waals surface area contributed by atoms with E-state index in [1.807, 2.05) is 36.1 Å². The average molecular weight is 838 g/mol. The molecule has 0 amide bonds. The predicted octanol–water partition coefficient (Wildman–Crippen LogP) is 12.1. The summed E-state index contributed by atoms with van der Waals surface area (Å²) in [5, 5.41) is 39.3. The van der Waals surface area contributed by atoms with Crippen molar-refractivity contribution in [3.63, 3.8) is 0 Å². The zero-order valence-electron chi connectivity index (χ0n) is 36.1. The number of nitriles is 1. The molecule has 2 atom stereocenters. The third kappa shape index (κ3) is 16.3. The first kappa shape index (κ1) is 48.9. The van der Waals surface area contributed by atoms with E-state index >= 15 is 0 Å². The number of non-ortho nitro benzene ring substituents is 1. The van der Waals surface area contributed by atoms with Gasteiger partial charge in [0, 0.05) is 42.1 Å². The summed E-state index contributed by atoms with van der Waals surface area (Å²) in [7, 11) is 0. The van der Waals surface area contributed by atoms with Crippen molar-refractivity contribution in [1.82, 2.24) is 0 Å². The summed E-state index contributed by atoms with van der Waals surface area (Å²) in [6.07, 6.45) is 10.3. The third-order valence-electron chi connectivity index (χ3n) is 10.0. The molecule has 326 valence electrons. The van der Waals surface area contributed by atoms with Gasteiger partial charge in [0.05, 0.1) is 42.5 Å². The van der Waals surface area contributed by atoms with Crippen LogP contribution in [0.4, 0.5) is 34.1 Å². The molecule has 0 aliphatic heterocycles. The van der Waals surface area contributed by atoms with E-state index in [4.69, 9.17) is 24.1 Å². The summed E-state index contributed by atoms with van der Waals surface area (Å²) in [5.74, 6) is 0.303. The molecule has 0 heterocycles. The van der Waals surface area contributed by atoms with Crippen LogP contribution >= 0.6 is 0 Å². The monoisotopic (exact) mass is 837 g/mol. The topological polar surface area (TPSA) is 191 Å². The second-order valence-corrected chi connectivity index (χ2v) is 14.4. The number of hydrogen-bond acceptors (Lipinski definition) is 14. The van der Waals surface area contributed by atoms with Crippen LogP contribution in [0.5, 0.6) is 11.5 Å². The van der Waals surface area contributed by atoms with E-state index in [1.54, 1.807) is 12.1 Å². The number of esters is 2. The highest BCUT2D eigenvalue weighted by atomic mass is 16.6. The molecule has 3 aromatic rings. The van der Waals surface area contributed by atoms with Gasteiger partial charge in [0.25, 0.3) is 5.69 Å². The quantitative estimate of drug-likeness (QED) is 0.0223. The van der Waals surface area contributed by atoms with E-state index in [-0.39, 0.29) is 30.2 Å². The SMILES string of the molecule is C=CC(=O)OCCN(CCOC(=O)C=C)c1ccc(/N=N/c2cc(OCC(CC)CCCC)c(/N=N/c3ccc([N+](=O)[O-])cc3C#N)cc2OCC(CC)CCCC)c(C)c1. The first-order chi connectivity index (χ1) is 29.5. The molecule has 2 unspecified atom stereocenters. The Balaban J connectivity index is 2.10. The van der Waals surface area contributed by atoms with Gasteiger partial charge in [0.2, 0.25) is 0 Å². The lowest BCUT2D eigenvalue weighted by Gasteiger charge is -2.25. The predicted molar refractivity (Wildman–Crippen MR) is 236 cm³/mol. The standard InChI is InChI=1S/C46H59N7O8/c1-8-14-16-34(10-3)31-60-43-29-42(51-49-40-21-19-38(53(56)57)27-36(40)30-47)44(61-32-35(11-4)17-15-9-2)28-41(43)50-48-39-20-18-37(26-33(39)7)52(22-24-58-45(54)12-5)23-25-59-46(55)13-6/h12-13,18-21,26-29,34-35H,5-6,8-11,14-17,22-25,31-32H2,1-4,7H3/b50-48+,51-49+. The van der Waals surface area contributed by atoms with Crippen molar-refractivity contribution in [1.29, 1.82) is 5.26 Å². The van der Waals surface area contributed by atoms with E-state index in [9.17, 15) is 25.0 Å². The lowest BCUT2D eigenvalue weighted by molar-refractivity contribution is -0.384. The molecule has 0 saturated carbocycles. The van der Waals surface area contributed by atoms with Gasteiger partial charge in [0.1, 0.15) is 47.8 Å². The molecule has 61 heavy (non-hydrogen) atoms. The Labute approximate surface area is 359 Å². The van der Waals surface area contributed by atoms with E-state index in [0.29, 0.717) is 66.7 Å². The third-order valence-corrected chi connectivity index (χ3v) is 10.0. The molecular formula is C46H59N7O8. The number of aryl methyl sites for hydroxylation is 1. The molecule has 0 aromatic heterocycles. The Morgan fingerprint density at radius 1 is 0.770 bits per heavy atom. The van der Waals surface area contributed by atoms with Crippen molar-refractivity contribution in [3.8, 4) is 17.6 Å². The molecule has 3 aromatic carbocycles. The molecule has 0 fully saturated rings. The number of ether oxygens (including phenoxy) is 4. The summed E-state index contributed by atoms with van der Waals surface area (Å²) in [6, 6.07) is 14.8. The van der Waals surface area contributed by atoms with Crippen LogP contribution in [0.1, 0.15) is 90.2 Å². The van der Waals surface area contributed by atoms with E-state index in [1.165, 1.54) is 18.2 Å². The van der Waals surface area contributed by atoms with Crippen molar-refractivity contribution in [3.05, 3.63) is 95.1 Å². The van der Waals surface area contributed by atoms with Crippen molar-refractivity contribution >= 4 is 46.1 Å². The highest BCUT2D eigenvalue weighted by Crippen LogP contribution is 2.43. The summed E-state index contributed by atoms with van der Waals surface area (Å²) < 4.78 is 23.4. The number of nitro benzene ring substituents is 1. The fraction of sp³-hybridized carbons (Fsp3) is 0.457. The van der Waals surface area contributed by atoms with Crippen LogP contribution < -0.4 is 14.4 Å². The van der Waals surface area contributed by atoms with Gasteiger partial charge < -0.3 is 23.8 Å². The number of carbonyl (C=O) groups excluding carboxylic acids is 2. The number of benzene rings is 3. The fourth-order valence-corrected chi connectivity index (χ4v) is 6.12. The number of nitrogens with zero attached hydrogens (tertiary/aromatic N) is 7. The van der Waals surface area contributed by atoms with E-state index in [0.717, 1.165) is 74.8 Å². The van der Waals surface area contributed by atoms with E-state index < -0.39 is 16.9 Å². The lowest BCUT2D eigenvalue weighted by atomic mass is 10.0. The number of carbonyl (C=O) groups is 2. The molecule has 3 rings (SSSR count). The number of anilines is 1. The summed E-state index contributed by atoms with van der Waals surface area (Å²) in [5.41, 5.74) is 2.85. The summed E-state index contributed by atoms with van der Waals surface area (Å²) in [6.45, 7) is 19.0. The molecule has 15 heteroatoms. The molecule has 0 aliphatic rings. The maximum atomic E-state index is 11.7. The largest absolute Gasteiger partial charge is 0.491 e. The molecule has 15 nitrogen and oxygen atoms in total. The van der Waals surface area contributed by atoms with Crippen LogP contribution in [0.2, 0.25) is 0 Å². The zero-order chi connectivity index (χ0) is 44.6. The van der Waals surface area contributed by atoms with Gasteiger partial charge in [-0.05, 0) is 61.4 Å². The number of nitro groups is 1. The molecular weight excluding hydrogens is 779 g/mol. The smallest absolute Gasteiger partial charge is 0.330 e. The maximum Gasteiger partial charge on any atom is 0.330 e. The summed E-state index contributed by atoms with van der Waals surface area (Å²) >= 11 is 0. The number of azo groups is 2. The van der Waals surface area contributed by atoms with Crippen molar-refractivity contribution in [2.24, 2.45) is 32.3 Å². The van der Waals surface area contributed by atoms with Crippen LogP contribution in [-0.4, -0.2) is 56.4 Å². The van der Waals surface area contributed by atoms with Crippen LogP contribution in [0.15, 0.2) is 94.3 Å². The van der Waals surface area contributed by atoms with E-state index in [2.05, 4.69) is 56.2 Å². The number of hydrogen-bond donors (Lipinski definition) is 0. The Kier molecular flexibility index (Phi) is 21.4. The highest BCUT2D eigenvalue weighted by molar-refractivity contribution is 5.81. The maximum absolute atomic E-state index is 11.7. The second kappa shape index (κ2) is 26.6. The van der Waals surface area contributed by atoms with Crippen LogP contribution in [0.25, 0.3) is 0 Å². The normalized spacial score (nSPS) is 12.1. The minimum absolute atomic E-state index is 0.00593. The molecule has 0 saturated heterocycles. The minimum atomic E-state index is -0.569. The molecule has 0 bridgehead atoms. The van der Waals surface area contributed by atoms with Crippen LogP contribution in [0, 0.1) is 40.2 Å². The van der Waals surface area contributed by atoms with Crippen LogP contribution in [-0.2, 0) is 19.1 Å². The fourth-order valence-electron chi connectivity index (χ4n) is 6.12. The van der Waals surface area contributed by atoms with Gasteiger partial charge in [0.15, 0.2) is 0 Å². The average Bonchev–Trinajstić information content (AvgIpc) is 3.27. The van der Waals surface area contributed by atoms with Gasteiger partial charge in [-0.15, -0.1) is 15.3 Å². The molecule has 0 radical (unpaired) electrons. The zero-order valence-corrected chi connectivity index (χ0v) is 36.1. The van der Waals surface area contributed by atoms with Gasteiger partial charge in [-0.2, -0.15) is 10.4 Å². The first-order valence-corrected chi connectivity index (χ1v) is 20.9. The number of unbranched alkanes of at least 4 members (excludes halogenated alkanes) is 2. The van der Waals surface area contributed by atoms with Gasteiger partial charge >= 0.3 is 11.9 Å². The summed E-state index contributed by atoms with van der Waals surface area (Å²) in [4.78, 5) is 36.1. The second-order valence-electron chi connectivity index (χ2n) is 14.4. The lowest BCUT2D eigenvalue weighted by Crippen LogP contribution is -2.32. The van der Waals surface area contributed by atoms with Gasteiger partial charge in [-0.25, -0.2) is 9.59 Å². The Bertz CT molecular complexity index is 2020. The molecule has 0 aliphatic carbocycles. The Morgan fingerprint density at radius 2 is 1.26 bits per heavy atom. The first-order valence-electron chi connectivity index (χ1n) is 20.9. The minimum Gasteiger partial charge on any atom is -0.491 e. The molecule has 0 N–H and O–H groups in total. The van der Waals surface area contributed by atoms with Gasteiger partial charge in [-0.1, -0.05) is 79.4 Å². The Hall–Kier alpha value is -6.43. The highest BCUT2D eigenvalue weighted by Gasteiger charge is 2.18. The van der Waals surface area contributed by atoms with Gasteiger partial charge in [-0.3, -0.25) is 10.1 Å². The van der Waals surface area contributed by atoms with Crippen molar-refractivity contribution in [2.75, 3.05) is 44.4 Å². The molecule has 0 spiro atoms. The number of rotatable bonds is 28. The van der Waals surface area contributed by atoms with Crippen molar-refractivity contribution < 1.29 is 33.5 Å².